The summed E-state index contributed by atoms with van der Waals surface area (Å²) in [6, 6.07) is 4.22. The number of thiophene rings is 1. The molecule has 1 amide bonds. The van der Waals surface area contributed by atoms with Gasteiger partial charge in [-0.1, -0.05) is 0 Å². The molecule has 2 N–H and O–H groups in total. The zero-order valence-corrected chi connectivity index (χ0v) is 14.4. The Morgan fingerprint density at radius 1 is 1.26 bits per heavy atom. The molecule has 0 bridgehead atoms. The fourth-order valence-electron chi connectivity index (χ4n) is 1.94. The fraction of sp³-hybridized carbons (Fsp3) is 0.545. The summed E-state index contributed by atoms with van der Waals surface area (Å²) >= 11 is 5.24. The number of nitrogens with two attached hydrogens (primary N) is 1. The fourth-order valence-corrected chi connectivity index (χ4v) is 3.47. The largest absolute Gasteiger partial charge is 0.339 e. The normalized spacial score (nSPS) is 15.6. The topological polar surface area (TPSA) is 49.6 Å². The quantitative estimate of drug-likeness (QED) is 0.858. The Kier molecular flexibility index (Phi) is 9.23. The Morgan fingerprint density at radius 2 is 1.89 bits per heavy atom. The smallest absolute Gasteiger partial charge is 0.236 e. The Balaban J connectivity index is 0.00000162. The van der Waals surface area contributed by atoms with Gasteiger partial charge in [-0.25, -0.2) is 0 Å². The molecule has 1 fully saturated rings. The molecule has 8 heteroatoms. The van der Waals surface area contributed by atoms with Crippen LogP contribution in [0.1, 0.15) is 4.88 Å². The molecule has 0 radical (unpaired) electrons. The van der Waals surface area contributed by atoms with E-state index in [0.29, 0.717) is 0 Å². The van der Waals surface area contributed by atoms with Crippen molar-refractivity contribution in [2.75, 3.05) is 32.7 Å². The van der Waals surface area contributed by atoms with Crippen molar-refractivity contribution in [2.45, 2.75) is 6.54 Å². The molecule has 1 aromatic rings. The van der Waals surface area contributed by atoms with Gasteiger partial charge in [0.1, 0.15) is 0 Å². The van der Waals surface area contributed by atoms with Crippen LogP contribution in [0.15, 0.2) is 15.9 Å². The van der Waals surface area contributed by atoms with Gasteiger partial charge in [0, 0.05) is 37.6 Å². The predicted molar refractivity (Wildman–Crippen MR) is 87.4 cm³/mol. The molecule has 0 spiro atoms. The highest BCUT2D eigenvalue weighted by Gasteiger charge is 2.20. The molecule has 1 saturated heterocycles. The second kappa shape index (κ2) is 9.15. The Morgan fingerprint density at radius 3 is 2.37 bits per heavy atom. The molecule has 0 saturated carbocycles. The molecule has 1 aliphatic rings. The van der Waals surface area contributed by atoms with Crippen molar-refractivity contribution >= 4 is 58.0 Å². The van der Waals surface area contributed by atoms with Gasteiger partial charge >= 0.3 is 0 Å². The number of nitrogens with zero attached hydrogens (tertiary/aromatic N) is 2. The van der Waals surface area contributed by atoms with Crippen LogP contribution in [0.25, 0.3) is 0 Å². The monoisotopic (exact) mass is 389 g/mol. The van der Waals surface area contributed by atoms with Crippen LogP contribution >= 0.6 is 52.1 Å². The minimum absolute atomic E-state index is 0. The van der Waals surface area contributed by atoms with E-state index in [-0.39, 0.29) is 37.3 Å². The molecule has 110 valence electrons. The first-order valence-electron chi connectivity index (χ1n) is 5.63. The summed E-state index contributed by atoms with van der Waals surface area (Å²) in [7, 11) is 0. The predicted octanol–water partition coefficient (Wildman–Crippen LogP) is 1.96. The molecule has 0 atom stereocenters. The second-order valence-electron chi connectivity index (χ2n) is 4.07. The molecular weight excluding hydrogens is 373 g/mol. The van der Waals surface area contributed by atoms with Crippen molar-refractivity contribution in [2.24, 2.45) is 5.73 Å². The van der Waals surface area contributed by atoms with Gasteiger partial charge in [-0.3, -0.25) is 9.69 Å². The number of hydrogen-bond acceptors (Lipinski definition) is 4. The number of piperazine rings is 1. The maximum Gasteiger partial charge on any atom is 0.236 e. The summed E-state index contributed by atoms with van der Waals surface area (Å²) in [5.41, 5.74) is 5.36. The molecule has 0 unspecified atom stereocenters. The first-order valence-corrected chi connectivity index (χ1v) is 7.24. The maximum atomic E-state index is 11.4. The van der Waals surface area contributed by atoms with E-state index in [9.17, 15) is 4.79 Å². The SMILES string of the molecule is Cl.Cl.NCC(=O)N1CCN(Cc2ccc(Br)s2)CC1. The van der Waals surface area contributed by atoms with Gasteiger partial charge in [0.25, 0.3) is 0 Å². The summed E-state index contributed by atoms with van der Waals surface area (Å²) in [6.07, 6.45) is 0. The van der Waals surface area contributed by atoms with Crippen molar-refractivity contribution in [3.63, 3.8) is 0 Å². The van der Waals surface area contributed by atoms with Gasteiger partial charge in [-0.15, -0.1) is 36.2 Å². The van der Waals surface area contributed by atoms with Gasteiger partial charge < -0.3 is 10.6 Å². The average molecular weight is 391 g/mol. The molecule has 1 aliphatic heterocycles. The maximum absolute atomic E-state index is 11.4. The van der Waals surface area contributed by atoms with Crippen LogP contribution in [0.4, 0.5) is 0 Å². The summed E-state index contributed by atoms with van der Waals surface area (Å²) in [5.74, 6) is 0.0588. The number of rotatable bonds is 3. The average Bonchev–Trinajstić information content (AvgIpc) is 2.75. The number of carbonyl (C=O) groups is 1. The van der Waals surface area contributed by atoms with Gasteiger partial charge in [-0.05, 0) is 28.1 Å². The van der Waals surface area contributed by atoms with Crippen molar-refractivity contribution in [3.8, 4) is 0 Å². The lowest BCUT2D eigenvalue weighted by Crippen LogP contribution is -2.49. The zero-order valence-electron chi connectivity index (χ0n) is 10.4. The van der Waals surface area contributed by atoms with Gasteiger partial charge in [0.05, 0.1) is 10.3 Å². The van der Waals surface area contributed by atoms with E-state index < -0.39 is 0 Å². The van der Waals surface area contributed by atoms with Crippen molar-refractivity contribution < 1.29 is 4.79 Å². The van der Waals surface area contributed by atoms with Crippen LogP contribution < -0.4 is 5.73 Å². The van der Waals surface area contributed by atoms with Crippen LogP contribution in [-0.4, -0.2) is 48.4 Å². The van der Waals surface area contributed by atoms with Gasteiger partial charge in [0.2, 0.25) is 5.91 Å². The van der Waals surface area contributed by atoms with Crippen LogP contribution in [0.5, 0.6) is 0 Å². The molecule has 2 heterocycles. The molecule has 4 nitrogen and oxygen atoms in total. The Bertz CT molecular complexity index is 397. The number of carbonyl (C=O) groups excluding carboxylic acids is 1. The van der Waals surface area contributed by atoms with Crippen LogP contribution in [0, 0.1) is 0 Å². The van der Waals surface area contributed by atoms with Gasteiger partial charge in [0.15, 0.2) is 0 Å². The highest BCUT2D eigenvalue weighted by molar-refractivity contribution is 9.11. The summed E-state index contributed by atoms with van der Waals surface area (Å²) in [6.45, 7) is 4.55. The third-order valence-corrected chi connectivity index (χ3v) is 4.52. The Hall–Kier alpha value is 0.150. The molecular formula is C11H18BrCl2N3OS. The van der Waals surface area contributed by atoms with E-state index in [1.165, 1.54) is 8.66 Å². The molecule has 0 aliphatic carbocycles. The first kappa shape index (κ1) is 19.1. The number of amides is 1. The van der Waals surface area contributed by atoms with Crippen LogP contribution in [0.2, 0.25) is 0 Å². The number of halogens is 3. The van der Waals surface area contributed by atoms with Crippen molar-refractivity contribution in [3.05, 3.63) is 20.8 Å². The third-order valence-electron chi connectivity index (χ3n) is 2.91. The third kappa shape index (κ3) is 5.57. The highest BCUT2D eigenvalue weighted by Crippen LogP contribution is 2.23. The molecule has 0 aromatic carbocycles. The minimum atomic E-state index is 0. The summed E-state index contributed by atoms with van der Waals surface area (Å²) < 4.78 is 1.17. The van der Waals surface area contributed by atoms with E-state index in [4.69, 9.17) is 5.73 Å². The van der Waals surface area contributed by atoms with Crippen molar-refractivity contribution in [1.29, 1.82) is 0 Å². The lowest BCUT2D eigenvalue weighted by molar-refractivity contribution is -0.131. The summed E-state index contributed by atoms with van der Waals surface area (Å²) in [4.78, 5) is 17.0. The molecule has 19 heavy (non-hydrogen) atoms. The van der Waals surface area contributed by atoms with E-state index in [1.54, 1.807) is 11.3 Å². The first-order chi connectivity index (χ1) is 8.19. The Labute approximate surface area is 138 Å². The van der Waals surface area contributed by atoms with E-state index >= 15 is 0 Å². The second-order valence-corrected chi connectivity index (χ2v) is 6.61. The highest BCUT2D eigenvalue weighted by atomic mass is 79.9. The van der Waals surface area contributed by atoms with E-state index in [1.807, 2.05) is 4.90 Å². The van der Waals surface area contributed by atoms with E-state index in [2.05, 4.69) is 33.0 Å². The number of hydrogen-bond donors (Lipinski definition) is 1. The van der Waals surface area contributed by atoms with Crippen molar-refractivity contribution in [1.82, 2.24) is 9.80 Å². The zero-order chi connectivity index (χ0) is 12.3. The summed E-state index contributed by atoms with van der Waals surface area (Å²) in [5, 5.41) is 0. The molecule has 1 aromatic heterocycles. The standard InChI is InChI=1S/C11H16BrN3OS.2ClH/c12-10-2-1-9(17-10)8-14-3-5-15(6-4-14)11(16)7-13;;/h1-2H,3-8,13H2;2*1H. The van der Waals surface area contributed by atoms with Gasteiger partial charge in [-0.2, -0.15) is 0 Å². The van der Waals surface area contributed by atoms with E-state index in [0.717, 1.165) is 32.7 Å². The minimum Gasteiger partial charge on any atom is -0.339 e. The lowest BCUT2D eigenvalue weighted by Gasteiger charge is -2.34. The van der Waals surface area contributed by atoms with Crippen LogP contribution in [-0.2, 0) is 11.3 Å². The molecule has 2 rings (SSSR count). The lowest BCUT2D eigenvalue weighted by atomic mass is 10.3. The van der Waals surface area contributed by atoms with Crippen LogP contribution in [0.3, 0.4) is 0 Å².